The number of aryl methyl sites for hydroxylation is 2. The van der Waals surface area contributed by atoms with Gasteiger partial charge in [-0.25, -0.2) is 8.42 Å². The van der Waals surface area contributed by atoms with Crippen LogP contribution in [0.15, 0.2) is 10.1 Å². The second kappa shape index (κ2) is 4.82. The van der Waals surface area contributed by atoms with Crippen LogP contribution < -0.4 is 10.5 Å². The number of rotatable bonds is 5. The molecule has 0 aromatic carbocycles. The SMILES string of the molecule is Cc1n[nH]c(C)c1S(=O)(=O)NC(C(N)=NO)C1CC1. The van der Waals surface area contributed by atoms with Crippen molar-refractivity contribution in [2.45, 2.75) is 37.6 Å². The second-order valence-corrected chi connectivity index (χ2v) is 6.38. The first-order chi connectivity index (χ1) is 8.86. The maximum absolute atomic E-state index is 12.3. The van der Waals surface area contributed by atoms with E-state index in [-0.39, 0.29) is 16.6 Å². The summed E-state index contributed by atoms with van der Waals surface area (Å²) in [5.74, 6) is -0.0388. The van der Waals surface area contributed by atoms with E-state index in [9.17, 15) is 8.42 Å². The maximum Gasteiger partial charge on any atom is 0.244 e. The van der Waals surface area contributed by atoms with Crippen LogP contribution >= 0.6 is 0 Å². The van der Waals surface area contributed by atoms with Gasteiger partial charge in [0.1, 0.15) is 4.90 Å². The highest BCUT2D eigenvalue weighted by atomic mass is 32.2. The molecule has 106 valence electrons. The minimum atomic E-state index is -3.75. The summed E-state index contributed by atoms with van der Waals surface area (Å²) in [7, 11) is -3.75. The van der Waals surface area contributed by atoms with Crippen LogP contribution in [0.25, 0.3) is 0 Å². The van der Waals surface area contributed by atoms with Gasteiger partial charge in [0.25, 0.3) is 0 Å². The van der Waals surface area contributed by atoms with Gasteiger partial charge in [0, 0.05) is 0 Å². The van der Waals surface area contributed by atoms with Gasteiger partial charge in [-0.1, -0.05) is 5.16 Å². The van der Waals surface area contributed by atoms with E-state index in [1.807, 2.05) is 0 Å². The topological polar surface area (TPSA) is 133 Å². The fourth-order valence-electron chi connectivity index (χ4n) is 2.05. The number of sulfonamides is 1. The highest BCUT2D eigenvalue weighted by Crippen LogP contribution is 2.33. The maximum atomic E-state index is 12.3. The summed E-state index contributed by atoms with van der Waals surface area (Å²) in [5, 5.41) is 18.1. The van der Waals surface area contributed by atoms with Crippen molar-refractivity contribution in [3.63, 3.8) is 0 Å². The number of aromatic nitrogens is 2. The second-order valence-electron chi connectivity index (χ2n) is 4.72. The van der Waals surface area contributed by atoms with Gasteiger partial charge in [-0.3, -0.25) is 5.10 Å². The lowest BCUT2D eigenvalue weighted by atomic mass is 10.2. The average Bonchev–Trinajstić information content (AvgIpc) is 3.11. The summed E-state index contributed by atoms with van der Waals surface area (Å²) in [6.07, 6.45) is 1.71. The van der Waals surface area contributed by atoms with Crippen LogP contribution in [-0.4, -0.2) is 35.7 Å². The highest BCUT2D eigenvalue weighted by molar-refractivity contribution is 7.89. The zero-order chi connectivity index (χ0) is 14.2. The summed E-state index contributed by atoms with van der Waals surface area (Å²) in [5.41, 5.74) is 6.39. The Labute approximate surface area is 111 Å². The van der Waals surface area contributed by atoms with E-state index in [1.165, 1.54) is 0 Å². The number of aromatic amines is 1. The van der Waals surface area contributed by atoms with Crippen LogP contribution in [0.2, 0.25) is 0 Å². The number of amidine groups is 1. The molecule has 1 unspecified atom stereocenters. The van der Waals surface area contributed by atoms with Crippen molar-refractivity contribution in [1.29, 1.82) is 0 Å². The molecule has 0 aliphatic heterocycles. The molecule has 1 fully saturated rings. The number of nitrogens with one attached hydrogen (secondary N) is 2. The monoisotopic (exact) mass is 287 g/mol. The van der Waals surface area contributed by atoms with Crippen LogP contribution in [0.5, 0.6) is 0 Å². The fraction of sp³-hybridized carbons (Fsp3) is 0.600. The molecular weight excluding hydrogens is 270 g/mol. The summed E-state index contributed by atoms with van der Waals surface area (Å²) in [4.78, 5) is 0.115. The molecule has 1 heterocycles. The van der Waals surface area contributed by atoms with Crippen molar-refractivity contribution in [1.82, 2.24) is 14.9 Å². The minimum absolute atomic E-state index is 0.0817. The van der Waals surface area contributed by atoms with Crippen LogP contribution in [0.3, 0.4) is 0 Å². The molecule has 19 heavy (non-hydrogen) atoms. The lowest BCUT2D eigenvalue weighted by Crippen LogP contribution is -2.46. The van der Waals surface area contributed by atoms with Crippen molar-refractivity contribution in [3.05, 3.63) is 11.4 Å². The first-order valence-electron chi connectivity index (χ1n) is 5.88. The molecule has 1 saturated carbocycles. The summed E-state index contributed by atoms with van der Waals surface area (Å²) in [6, 6.07) is -0.677. The van der Waals surface area contributed by atoms with E-state index in [2.05, 4.69) is 20.1 Å². The molecule has 1 aliphatic carbocycles. The molecule has 2 rings (SSSR count). The van der Waals surface area contributed by atoms with Gasteiger partial charge in [0.2, 0.25) is 10.0 Å². The van der Waals surface area contributed by atoms with E-state index >= 15 is 0 Å². The van der Waals surface area contributed by atoms with Crippen molar-refractivity contribution in [3.8, 4) is 0 Å². The van der Waals surface area contributed by atoms with Crippen LogP contribution in [-0.2, 0) is 10.0 Å². The molecule has 1 aromatic heterocycles. The Kier molecular flexibility index (Phi) is 3.50. The predicted molar refractivity (Wildman–Crippen MR) is 68.3 cm³/mol. The van der Waals surface area contributed by atoms with E-state index in [0.29, 0.717) is 11.4 Å². The zero-order valence-electron chi connectivity index (χ0n) is 10.7. The van der Waals surface area contributed by atoms with Crippen LogP contribution in [0.1, 0.15) is 24.2 Å². The molecule has 9 heteroatoms. The van der Waals surface area contributed by atoms with Crippen molar-refractivity contribution in [2.75, 3.05) is 0 Å². The fourth-order valence-corrected chi connectivity index (χ4v) is 3.70. The Morgan fingerprint density at radius 1 is 1.58 bits per heavy atom. The smallest absolute Gasteiger partial charge is 0.244 e. The van der Waals surface area contributed by atoms with Gasteiger partial charge < -0.3 is 10.9 Å². The third kappa shape index (κ3) is 2.71. The number of nitrogens with zero attached hydrogens (tertiary/aromatic N) is 2. The largest absolute Gasteiger partial charge is 0.409 e. The Hall–Kier alpha value is -1.61. The van der Waals surface area contributed by atoms with E-state index in [1.54, 1.807) is 13.8 Å². The molecule has 0 spiro atoms. The first kappa shape index (κ1) is 13.8. The lowest BCUT2D eigenvalue weighted by Gasteiger charge is -2.16. The quantitative estimate of drug-likeness (QED) is 0.258. The summed E-state index contributed by atoms with van der Waals surface area (Å²) >= 11 is 0. The third-order valence-corrected chi connectivity index (χ3v) is 4.84. The lowest BCUT2D eigenvalue weighted by molar-refractivity contribution is 0.314. The molecule has 0 amide bonds. The van der Waals surface area contributed by atoms with Gasteiger partial charge in [-0.15, -0.1) is 0 Å². The first-order valence-corrected chi connectivity index (χ1v) is 7.36. The Bertz CT molecular complexity index is 583. The van der Waals surface area contributed by atoms with E-state index in [0.717, 1.165) is 12.8 Å². The van der Waals surface area contributed by atoms with Gasteiger partial charge in [0.05, 0.1) is 17.4 Å². The Morgan fingerprint density at radius 2 is 2.21 bits per heavy atom. The molecule has 5 N–H and O–H groups in total. The van der Waals surface area contributed by atoms with Crippen LogP contribution in [0, 0.1) is 19.8 Å². The number of hydrogen-bond acceptors (Lipinski definition) is 5. The van der Waals surface area contributed by atoms with Gasteiger partial charge >= 0.3 is 0 Å². The molecule has 0 bridgehead atoms. The van der Waals surface area contributed by atoms with E-state index < -0.39 is 16.1 Å². The van der Waals surface area contributed by atoms with Gasteiger partial charge in [-0.2, -0.15) is 9.82 Å². The Balaban J connectivity index is 2.30. The zero-order valence-corrected chi connectivity index (χ0v) is 11.5. The third-order valence-electron chi connectivity index (χ3n) is 3.14. The van der Waals surface area contributed by atoms with Gasteiger partial charge in [-0.05, 0) is 32.6 Å². The number of hydrogen-bond donors (Lipinski definition) is 4. The molecule has 0 radical (unpaired) electrons. The molecular formula is C10H17N5O3S. The van der Waals surface area contributed by atoms with Crippen molar-refractivity contribution < 1.29 is 13.6 Å². The highest BCUT2D eigenvalue weighted by Gasteiger charge is 2.38. The van der Waals surface area contributed by atoms with E-state index in [4.69, 9.17) is 10.9 Å². The molecule has 1 aliphatic rings. The normalized spacial score (nSPS) is 18.5. The standard InChI is InChI=1S/C10H17N5O3S/c1-5-9(6(2)13-12-5)19(17,18)15-8(7-3-4-7)10(11)14-16/h7-8,15-16H,3-4H2,1-2H3,(H2,11,14)(H,12,13). The molecule has 0 saturated heterocycles. The Morgan fingerprint density at radius 3 is 2.63 bits per heavy atom. The predicted octanol–water partition coefficient (Wildman–Crippen LogP) is -0.170. The minimum Gasteiger partial charge on any atom is -0.409 e. The molecule has 8 nitrogen and oxygen atoms in total. The number of oxime groups is 1. The molecule has 1 aromatic rings. The van der Waals surface area contributed by atoms with Crippen molar-refractivity contribution >= 4 is 15.9 Å². The van der Waals surface area contributed by atoms with Crippen molar-refractivity contribution in [2.24, 2.45) is 16.8 Å². The number of H-pyrrole nitrogens is 1. The van der Waals surface area contributed by atoms with Gasteiger partial charge in [0.15, 0.2) is 5.84 Å². The average molecular weight is 287 g/mol. The van der Waals surface area contributed by atoms with Crippen LogP contribution in [0.4, 0.5) is 0 Å². The summed E-state index contributed by atoms with van der Waals surface area (Å²) in [6.45, 7) is 3.23. The number of nitrogens with two attached hydrogens (primary N) is 1. The molecule has 1 atom stereocenters. The summed E-state index contributed by atoms with van der Waals surface area (Å²) < 4.78 is 27.2.